The number of rotatable bonds is 5. The Morgan fingerprint density at radius 2 is 2.16 bits per heavy atom. The van der Waals surface area contributed by atoms with Crippen molar-refractivity contribution in [3.63, 3.8) is 0 Å². The lowest BCUT2D eigenvalue weighted by Crippen LogP contribution is -2.19. The Labute approximate surface area is 113 Å². The number of unbranched alkanes of at least 4 members (excludes halogenated alkanes) is 2. The van der Waals surface area contributed by atoms with Gasteiger partial charge in [0, 0.05) is 18.5 Å². The van der Waals surface area contributed by atoms with Crippen LogP contribution in [0.1, 0.15) is 44.6 Å². The standard InChI is InChI=1S/C15H19NO3/c1-2-3-4-5-15(18)19-12-7-8-13-11(10-12)6-9-14(17)16-13/h7-8,10H,2-6,9H2,1H3,(H,16,17). The number of hydrogen-bond acceptors (Lipinski definition) is 3. The van der Waals surface area contributed by atoms with Crippen molar-refractivity contribution in [2.75, 3.05) is 5.32 Å². The van der Waals surface area contributed by atoms with Crippen molar-refractivity contribution in [2.45, 2.75) is 45.4 Å². The molecule has 1 aromatic rings. The molecule has 1 aliphatic rings. The van der Waals surface area contributed by atoms with E-state index in [1.807, 2.05) is 6.07 Å². The van der Waals surface area contributed by atoms with E-state index in [1.54, 1.807) is 12.1 Å². The smallest absolute Gasteiger partial charge is 0.311 e. The van der Waals surface area contributed by atoms with Gasteiger partial charge in [-0.1, -0.05) is 19.8 Å². The van der Waals surface area contributed by atoms with E-state index in [0.29, 0.717) is 25.0 Å². The molecule has 0 bridgehead atoms. The van der Waals surface area contributed by atoms with Crippen molar-refractivity contribution in [3.05, 3.63) is 23.8 Å². The van der Waals surface area contributed by atoms with Crippen LogP contribution in [0.3, 0.4) is 0 Å². The minimum absolute atomic E-state index is 0.0387. The summed E-state index contributed by atoms with van der Waals surface area (Å²) in [6.07, 6.45) is 4.65. The van der Waals surface area contributed by atoms with Gasteiger partial charge in [0.15, 0.2) is 0 Å². The highest BCUT2D eigenvalue weighted by molar-refractivity contribution is 5.94. The summed E-state index contributed by atoms with van der Waals surface area (Å²) in [5, 5.41) is 2.80. The molecular formula is C15H19NO3. The second-order valence-electron chi connectivity index (χ2n) is 4.80. The van der Waals surface area contributed by atoms with Gasteiger partial charge >= 0.3 is 5.97 Å². The first-order valence-corrected chi connectivity index (χ1v) is 6.82. The summed E-state index contributed by atoms with van der Waals surface area (Å²) in [6, 6.07) is 5.36. The van der Waals surface area contributed by atoms with E-state index in [0.717, 1.165) is 30.5 Å². The van der Waals surface area contributed by atoms with E-state index < -0.39 is 0 Å². The number of benzene rings is 1. The molecule has 2 rings (SSSR count). The maximum atomic E-state index is 11.6. The van der Waals surface area contributed by atoms with Crippen molar-refractivity contribution in [3.8, 4) is 5.75 Å². The Hall–Kier alpha value is -1.84. The molecule has 102 valence electrons. The number of esters is 1. The Kier molecular flexibility index (Phi) is 4.55. The number of aryl methyl sites for hydroxylation is 1. The lowest BCUT2D eigenvalue weighted by Gasteiger charge is -2.17. The molecular weight excluding hydrogens is 242 g/mol. The van der Waals surface area contributed by atoms with Crippen LogP contribution in [0, 0.1) is 0 Å². The van der Waals surface area contributed by atoms with Gasteiger partial charge in [-0.15, -0.1) is 0 Å². The number of carbonyl (C=O) groups is 2. The van der Waals surface area contributed by atoms with Crippen LogP contribution in [-0.2, 0) is 16.0 Å². The van der Waals surface area contributed by atoms with Crippen LogP contribution in [0.4, 0.5) is 5.69 Å². The number of anilines is 1. The lowest BCUT2D eigenvalue weighted by molar-refractivity contribution is -0.134. The molecule has 0 radical (unpaired) electrons. The number of hydrogen-bond donors (Lipinski definition) is 1. The highest BCUT2D eigenvalue weighted by Crippen LogP contribution is 2.27. The van der Waals surface area contributed by atoms with Crippen LogP contribution in [-0.4, -0.2) is 11.9 Å². The van der Waals surface area contributed by atoms with Gasteiger partial charge in [-0.3, -0.25) is 9.59 Å². The van der Waals surface area contributed by atoms with Gasteiger partial charge in [-0.2, -0.15) is 0 Å². The van der Waals surface area contributed by atoms with Crippen LogP contribution >= 0.6 is 0 Å². The third-order valence-electron chi connectivity index (χ3n) is 3.19. The monoisotopic (exact) mass is 261 g/mol. The van der Waals surface area contributed by atoms with Crippen LogP contribution in [0.5, 0.6) is 5.75 Å². The average molecular weight is 261 g/mol. The minimum atomic E-state index is -0.187. The van der Waals surface area contributed by atoms with E-state index in [4.69, 9.17) is 4.74 Å². The van der Waals surface area contributed by atoms with Crippen LogP contribution in [0.2, 0.25) is 0 Å². The van der Waals surface area contributed by atoms with Crippen LogP contribution in [0.25, 0.3) is 0 Å². The molecule has 0 unspecified atom stereocenters. The van der Waals surface area contributed by atoms with Gasteiger partial charge in [0.25, 0.3) is 0 Å². The molecule has 0 atom stereocenters. The van der Waals surface area contributed by atoms with Crippen molar-refractivity contribution in [1.82, 2.24) is 0 Å². The SMILES string of the molecule is CCCCCC(=O)Oc1ccc2c(c1)CCC(=O)N2. The van der Waals surface area contributed by atoms with E-state index in [2.05, 4.69) is 12.2 Å². The Morgan fingerprint density at radius 1 is 1.32 bits per heavy atom. The molecule has 0 saturated heterocycles. The predicted octanol–water partition coefficient (Wildman–Crippen LogP) is 3.06. The van der Waals surface area contributed by atoms with Gasteiger partial charge in [0.05, 0.1) is 0 Å². The topological polar surface area (TPSA) is 55.4 Å². The largest absolute Gasteiger partial charge is 0.427 e. The first kappa shape index (κ1) is 13.6. The molecule has 1 aliphatic heterocycles. The van der Waals surface area contributed by atoms with Crippen molar-refractivity contribution >= 4 is 17.6 Å². The maximum Gasteiger partial charge on any atom is 0.311 e. The summed E-state index contributed by atoms with van der Waals surface area (Å²) >= 11 is 0. The Morgan fingerprint density at radius 3 is 2.95 bits per heavy atom. The normalized spacial score (nSPS) is 13.6. The van der Waals surface area contributed by atoms with E-state index in [9.17, 15) is 9.59 Å². The third-order valence-corrected chi connectivity index (χ3v) is 3.19. The fraction of sp³-hybridized carbons (Fsp3) is 0.467. The van der Waals surface area contributed by atoms with Crippen molar-refractivity contribution < 1.29 is 14.3 Å². The molecule has 1 amide bonds. The number of carbonyl (C=O) groups excluding carboxylic acids is 2. The number of amides is 1. The molecule has 1 N–H and O–H groups in total. The molecule has 4 nitrogen and oxygen atoms in total. The zero-order valence-corrected chi connectivity index (χ0v) is 11.2. The number of fused-ring (bicyclic) bond motifs is 1. The van der Waals surface area contributed by atoms with E-state index in [1.165, 1.54) is 0 Å². The van der Waals surface area contributed by atoms with Gasteiger partial charge < -0.3 is 10.1 Å². The molecule has 0 aromatic heterocycles. The first-order valence-electron chi connectivity index (χ1n) is 6.82. The predicted molar refractivity (Wildman–Crippen MR) is 73.2 cm³/mol. The zero-order valence-electron chi connectivity index (χ0n) is 11.2. The zero-order chi connectivity index (χ0) is 13.7. The van der Waals surface area contributed by atoms with Gasteiger partial charge in [0.1, 0.15) is 5.75 Å². The third kappa shape index (κ3) is 3.81. The minimum Gasteiger partial charge on any atom is -0.427 e. The molecule has 1 heterocycles. The summed E-state index contributed by atoms with van der Waals surface area (Å²) in [4.78, 5) is 22.9. The number of ether oxygens (including phenoxy) is 1. The molecule has 0 spiro atoms. The molecule has 4 heteroatoms. The molecule has 0 aliphatic carbocycles. The molecule has 19 heavy (non-hydrogen) atoms. The molecule has 0 saturated carbocycles. The van der Waals surface area contributed by atoms with E-state index in [-0.39, 0.29) is 11.9 Å². The second-order valence-corrected chi connectivity index (χ2v) is 4.80. The summed E-state index contributed by atoms with van der Waals surface area (Å²) in [5.41, 5.74) is 1.85. The highest BCUT2D eigenvalue weighted by atomic mass is 16.5. The lowest BCUT2D eigenvalue weighted by atomic mass is 10.0. The van der Waals surface area contributed by atoms with Gasteiger partial charge in [-0.05, 0) is 36.6 Å². The molecule has 0 fully saturated rings. The summed E-state index contributed by atoms with van der Waals surface area (Å²) in [7, 11) is 0. The van der Waals surface area contributed by atoms with Crippen molar-refractivity contribution in [1.29, 1.82) is 0 Å². The summed E-state index contributed by atoms with van der Waals surface area (Å²) < 4.78 is 5.30. The van der Waals surface area contributed by atoms with E-state index >= 15 is 0 Å². The first-order chi connectivity index (χ1) is 9.19. The maximum absolute atomic E-state index is 11.6. The summed E-state index contributed by atoms with van der Waals surface area (Å²) in [5.74, 6) is 0.418. The van der Waals surface area contributed by atoms with Crippen LogP contribution < -0.4 is 10.1 Å². The van der Waals surface area contributed by atoms with Gasteiger partial charge in [0.2, 0.25) is 5.91 Å². The van der Waals surface area contributed by atoms with Crippen LogP contribution in [0.15, 0.2) is 18.2 Å². The quantitative estimate of drug-likeness (QED) is 0.503. The summed E-state index contributed by atoms with van der Waals surface area (Å²) in [6.45, 7) is 2.10. The number of nitrogens with one attached hydrogen (secondary N) is 1. The highest BCUT2D eigenvalue weighted by Gasteiger charge is 2.15. The average Bonchev–Trinajstić information content (AvgIpc) is 2.39. The Bertz CT molecular complexity index is 482. The molecule has 1 aromatic carbocycles. The fourth-order valence-corrected chi connectivity index (χ4v) is 2.13. The fourth-order valence-electron chi connectivity index (χ4n) is 2.13. The van der Waals surface area contributed by atoms with Crippen molar-refractivity contribution in [2.24, 2.45) is 0 Å². The second kappa shape index (κ2) is 6.36. The Balaban J connectivity index is 1.95. The van der Waals surface area contributed by atoms with Gasteiger partial charge in [-0.25, -0.2) is 0 Å².